The molecule has 58 heavy (non-hydrogen) atoms. The van der Waals surface area contributed by atoms with Gasteiger partial charge in [-0.15, -0.1) is 0 Å². The molecule has 0 bridgehead atoms. The van der Waals surface area contributed by atoms with Gasteiger partial charge < -0.3 is 19.3 Å². The highest BCUT2D eigenvalue weighted by Crippen LogP contribution is 2.48. The summed E-state index contributed by atoms with van der Waals surface area (Å²) in [5, 5.41) is 9.36. The van der Waals surface area contributed by atoms with Gasteiger partial charge in [0.25, 0.3) is 0 Å². The maximum absolute atomic E-state index is 6.18. The molecule has 0 saturated carbocycles. The molecule has 0 amide bonds. The molecule has 278 valence electrons. The van der Waals surface area contributed by atoms with Crippen LogP contribution in [-0.4, -0.2) is 14.2 Å². The number of benzene rings is 10. The standard InChI is InChI=1S/C54H40N2O2/c1-57-53-31-27-43(35-51(53)55(45-29-25-37-13-3-5-17-41(37)33-45)49-23-11-19-39-15-7-9-21-47(39)49)44-28-32-54(58-2)52(36-44)56(46-30-26-38-14-4-6-18-42(38)34-46)50-24-12-20-40-16-8-10-22-48(40)50/h3-36H,1-2H3. The molecule has 0 unspecified atom stereocenters. The van der Waals surface area contributed by atoms with Crippen LogP contribution in [0.1, 0.15) is 0 Å². The molecule has 0 heterocycles. The van der Waals surface area contributed by atoms with Gasteiger partial charge in [0.2, 0.25) is 0 Å². The molecule has 10 aromatic carbocycles. The number of hydrogen-bond donors (Lipinski definition) is 0. The van der Waals surface area contributed by atoms with Crippen molar-refractivity contribution in [2.24, 2.45) is 0 Å². The number of rotatable bonds is 9. The summed E-state index contributed by atoms with van der Waals surface area (Å²) in [7, 11) is 3.49. The molecular formula is C54H40N2O2. The molecule has 4 heteroatoms. The Morgan fingerprint density at radius 3 is 1.10 bits per heavy atom. The monoisotopic (exact) mass is 748 g/mol. The van der Waals surface area contributed by atoms with Gasteiger partial charge >= 0.3 is 0 Å². The molecule has 0 fully saturated rings. The van der Waals surface area contributed by atoms with E-state index in [0.29, 0.717) is 0 Å². The van der Waals surface area contributed by atoms with Crippen molar-refractivity contribution in [3.8, 4) is 22.6 Å². The summed E-state index contributed by atoms with van der Waals surface area (Å²) in [6.45, 7) is 0. The summed E-state index contributed by atoms with van der Waals surface area (Å²) < 4.78 is 12.4. The van der Waals surface area contributed by atoms with Crippen molar-refractivity contribution in [2.45, 2.75) is 0 Å². The lowest BCUT2D eigenvalue weighted by Crippen LogP contribution is -2.12. The molecule has 10 aromatic rings. The third-order valence-corrected chi connectivity index (χ3v) is 11.2. The normalized spacial score (nSPS) is 11.3. The SMILES string of the molecule is COc1ccc(-c2ccc(OC)c(N(c3ccc4ccccc4c3)c3cccc4ccccc34)c2)cc1N(c1ccc2ccccc2c1)c1cccc2ccccc12. The lowest BCUT2D eigenvalue weighted by molar-refractivity contribution is 0.416. The van der Waals surface area contributed by atoms with Crippen LogP contribution in [0.2, 0.25) is 0 Å². The van der Waals surface area contributed by atoms with Crippen LogP contribution in [-0.2, 0) is 0 Å². The zero-order valence-electron chi connectivity index (χ0n) is 32.3. The molecule has 0 spiro atoms. The molecule has 0 saturated heterocycles. The van der Waals surface area contributed by atoms with Crippen LogP contribution in [0.15, 0.2) is 206 Å². The van der Waals surface area contributed by atoms with Gasteiger partial charge in [-0.05, 0) is 104 Å². The lowest BCUT2D eigenvalue weighted by atomic mass is 10.00. The Hall–Kier alpha value is -7.56. The van der Waals surface area contributed by atoms with Gasteiger partial charge in [-0.2, -0.15) is 0 Å². The van der Waals surface area contributed by atoms with Crippen LogP contribution in [0.5, 0.6) is 11.5 Å². The summed E-state index contributed by atoms with van der Waals surface area (Å²) in [5.41, 5.74) is 8.17. The van der Waals surface area contributed by atoms with Crippen LogP contribution in [0.3, 0.4) is 0 Å². The predicted octanol–water partition coefficient (Wildman–Crippen LogP) is 14.9. The van der Waals surface area contributed by atoms with E-state index in [1.54, 1.807) is 14.2 Å². The first-order chi connectivity index (χ1) is 28.7. The zero-order valence-corrected chi connectivity index (χ0v) is 32.3. The summed E-state index contributed by atoms with van der Waals surface area (Å²) in [5.74, 6) is 1.54. The minimum absolute atomic E-state index is 0.770. The smallest absolute Gasteiger partial charge is 0.142 e. The second-order valence-electron chi connectivity index (χ2n) is 14.5. The number of hydrogen-bond acceptors (Lipinski definition) is 4. The number of fused-ring (bicyclic) bond motifs is 4. The number of anilines is 6. The Labute approximate surface area is 338 Å². The minimum atomic E-state index is 0.770. The fraction of sp³-hybridized carbons (Fsp3) is 0.0370. The van der Waals surface area contributed by atoms with E-state index in [-0.39, 0.29) is 0 Å². The maximum atomic E-state index is 6.18. The van der Waals surface area contributed by atoms with Crippen molar-refractivity contribution in [3.63, 3.8) is 0 Å². The van der Waals surface area contributed by atoms with Gasteiger partial charge in [-0.3, -0.25) is 0 Å². The summed E-state index contributed by atoms with van der Waals surface area (Å²) in [6.07, 6.45) is 0. The molecule has 0 aromatic heterocycles. The molecule has 10 rings (SSSR count). The number of ether oxygens (including phenoxy) is 2. The average molecular weight is 749 g/mol. The largest absolute Gasteiger partial charge is 0.495 e. The van der Waals surface area contributed by atoms with Crippen molar-refractivity contribution < 1.29 is 9.47 Å². The van der Waals surface area contributed by atoms with Crippen LogP contribution in [0.4, 0.5) is 34.1 Å². The molecule has 0 radical (unpaired) electrons. The Morgan fingerprint density at radius 2 is 0.672 bits per heavy atom. The average Bonchev–Trinajstić information content (AvgIpc) is 3.29. The van der Waals surface area contributed by atoms with E-state index in [1.807, 2.05) is 0 Å². The summed E-state index contributed by atoms with van der Waals surface area (Å²) >= 11 is 0. The van der Waals surface area contributed by atoms with Gasteiger partial charge in [-0.25, -0.2) is 0 Å². The van der Waals surface area contributed by atoms with Crippen molar-refractivity contribution in [3.05, 3.63) is 206 Å². The van der Waals surface area contributed by atoms with E-state index in [0.717, 1.165) is 67.5 Å². The first-order valence-electron chi connectivity index (χ1n) is 19.6. The first kappa shape index (κ1) is 34.9. The molecule has 0 aliphatic carbocycles. The van der Waals surface area contributed by atoms with Crippen LogP contribution in [0, 0.1) is 0 Å². The Morgan fingerprint density at radius 1 is 0.293 bits per heavy atom. The van der Waals surface area contributed by atoms with Crippen molar-refractivity contribution in [1.82, 2.24) is 0 Å². The highest BCUT2D eigenvalue weighted by molar-refractivity contribution is 6.03. The number of methoxy groups -OCH3 is 2. The van der Waals surface area contributed by atoms with Crippen molar-refractivity contribution in [1.29, 1.82) is 0 Å². The summed E-state index contributed by atoms with van der Waals surface area (Å²) in [4.78, 5) is 4.66. The topological polar surface area (TPSA) is 24.9 Å². The first-order valence-corrected chi connectivity index (χ1v) is 19.6. The Balaban J connectivity index is 1.19. The second kappa shape index (κ2) is 14.8. The predicted molar refractivity (Wildman–Crippen MR) is 244 cm³/mol. The molecule has 4 nitrogen and oxygen atoms in total. The lowest BCUT2D eigenvalue weighted by Gasteiger charge is -2.30. The van der Waals surface area contributed by atoms with E-state index in [9.17, 15) is 0 Å². The second-order valence-corrected chi connectivity index (χ2v) is 14.5. The molecule has 0 atom stereocenters. The fourth-order valence-electron chi connectivity index (χ4n) is 8.34. The number of nitrogens with zero attached hydrogens (tertiary/aromatic N) is 2. The van der Waals surface area contributed by atoms with Gasteiger partial charge in [0, 0.05) is 22.1 Å². The van der Waals surface area contributed by atoms with Crippen LogP contribution in [0.25, 0.3) is 54.2 Å². The van der Waals surface area contributed by atoms with E-state index in [2.05, 4.69) is 216 Å². The van der Waals surface area contributed by atoms with E-state index in [1.165, 1.54) is 32.3 Å². The van der Waals surface area contributed by atoms with Gasteiger partial charge in [0.05, 0.1) is 37.0 Å². The molecule has 0 N–H and O–H groups in total. The third-order valence-electron chi connectivity index (χ3n) is 11.2. The summed E-state index contributed by atoms with van der Waals surface area (Å²) in [6, 6.07) is 73.4. The van der Waals surface area contributed by atoms with E-state index in [4.69, 9.17) is 9.47 Å². The van der Waals surface area contributed by atoms with Crippen molar-refractivity contribution in [2.75, 3.05) is 24.0 Å². The Bertz CT molecular complexity index is 2910. The molecular weight excluding hydrogens is 709 g/mol. The van der Waals surface area contributed by atoms with Gasteiger partial charge in [-0.1, -0.05) is 146 Å². The minimum Gasteiger partial charge on any atom is -0.495 e. The molecule has 0 aliphatic heterocycles. The van der Waals surface area contributed by atoms with Gasteiger partial charge in [0.1, 0.15) is 11.5 Å². The molecule has 0 aliphatic rings. The van der Waals surface area contributed by atoms with Crippen molar-refractivity contribution >= 4 is 77.2 Å². The zero-order chi connectivity index (χ0) is 39.0. The van der Waals surface area contributed by atoms with Crippen LogP contribution >= 0.6 is 0 Å². The van der Waals surface area contributed by atoms with Gasteiger partial charge in [0.15, 0.2) is 0 Å². The highest BCUT2D eigenvalue weighted by Gasteiger charge is 2.23. The van der Waals surface area contributed by atoms with E-state index >= 15 is 0 Å². The third kappa shape index (κ3) is 6.22. The fourth-order valence-corrected chi connectivity index (χ4v) is 8.34. The van der Waals surface area contributed by atoms with E-state index < -0.39 is 0 Å². The quantitative estimate of drug-likeness (QED) is 0.147. The van der Waals surface area contributed by atoms with Crippen LogP contribution < -0.4 is 19.3 Å². The Kier molecular flexibility index (Phi) is 8.92. The highest BCUT2D eigenvalue weighted by atomic mass is 16.5. The maximum Gasteiger partial charge on any atom is 0.142 e.